The summed E-state index contributed by atoms with van der Waals surface area (Å²) in [6, 6.07) is 4.05. The Morgan fingerprint density at radius 3 is 2.96 bits per heavy atom. The van der Waals surface area contributed by atoms with Gasteiger partial charge in [-0.2, -0.15) is 0 Å². The summed E-state index contributed by atoms with van der Waals surface area (Å²) in [5.41, 5.74) is 3.68. The summed E-state index contributed by atoms with van der Waals surface area (Å²) >= 11 is 0. The van der Waals surface area contributed by atoms with Gasteiger partial charge in [0.1, 0.15) is 11.6 Å². The molecule has 0 aliphatic heterocycles. The lowest BCUT2D eigenvalue weighted by Gasteiger charge is -2.19. The Morgan fingerprint density at radius 2 is 2.08 bits per heavy atom. The van der Waals surface area contributed by atoms with Gasteiger partial charge in [0.25, 0.3) is 0 Å². The Bertz CT molecular complexity index is 727. The first-order valence-corrected chi connectivity index (χ1v) is 8.96. The van der Waals surface area contributed by atoms with Gasteiger partial charge in [-0.25, -0.2) is 15.0 Å². The normalized spacial score (nSPS) is 16.5. The average molecular weight is 324 g/mol. The summed E-state index contributed by atoms with van der Waals surface area (Å²) in [6.07, 6.45) is 9.00. The number of anilines is 1. The third kappa shape index (κ3) is 3.66. The number of nitrogens with one attached hydrogen (secondary N) is 1. The van der Waals surface area contributed by atoms with Gasteiger partial charge in [0.05, 0.1) is 6.61 Å². The molecule has 0 aromatic carbocycles. The van der Waals surface area contributed by atoms with Crippen LogP contribution in [0.25, 0.3) is 0 Å². The highest BCUT2D eigenvalue weighted by atomic mass is 16.5. The van der Waals surface area contributed by atoms with Crippen LogP contribution in [0.4, 0.5) is 5.82 Å². The van der Waals surface area contributed by atoms with E-state index < -0.39 is 0 Å². The lowest BCUT2D eigenvalue weighted by molar-refractivity contribution is 0.288. The quantitative estimate of drug-likeness (QED) is 0.882. The predicted octanol–water partition coefficient (Wildman–Crippen LogP) is 3.46. The first-order chi connectivity index (χ1) is 11.8. The number of hydrogen-bond acceptors (Lipinski definition) is 5. The maximum absolute atomic E-state index is 5.77. The first-order valence-electron chi connectivity index (χ1n) is 8.96. The molecule has 0 bridgehead atoms. The van der Waals surface area contributed by atoms with Gasteiger partial charge in [0.2, 0.25) is 5.88 Å². The lowest BCUT2D eigenvalue weighted by Crippen LogP contribution is -2.13. The van der Waals surface area contributed by atoms with Crippen molar-refractivity contribution in [2.45, 2.75) is 52.0 Å². The molecule has 24 heavy (non-hydrogen) atoms. The molecule has 0 radical (unpaired) electrons. The van der Waals surface area contributed by atoms with Gasteiger partial charge in [0, 0.05) is 30.1 Å². The Hall–Kier alpha value is -2.17. The number of nitrogens with zero attached hydrogens (tertiary/aromatic N) is 3. The molecule has 4 rings (SSSR count). The van der Waals surface area contributed by atoms with E-state index in [0.29, 0.717) is 0 Å². The zero-order chi connectivity index (χ0) is 16.4. The van der Waals surface area contributed by atoms with Crippen LogP contribution in [0, 0.1) is 12.8 Å². The standard InChI is InChI=1S/C19H24N4O/c1-13-22-17-5-3-2-4-16(17)19(23-13)21-11-15-8-9-20-18(10-15)24-12-14-6-7-14/h8-10,14H,2-7,11-12H2,1H3,(H,21,22,23). The lowest BCUT2D eigenvalue weighted by atomic mass is 9.96. The van der Waals surface area contributed by atoms with Crippen LogP contribution in [0.15, 0.2) is 18.3 Å². The van der Waals surface area contributed by atoms with Crippen LogP contribution in [-0.4, -0.2) is 21.6 Å². The Morgan fingerprint density at radius 1 is 1.21 bits per heavy atom. The number of aromatic nitrogens is 3. The van der Waals surface area contributed by atoms with Crippen molar-refractivity contribution in [2.24, 2.45) is 5.92 Å². The molecule has 0 unspecified atom stereocenters. The SMILES string of the molecule is Cc1nc2c(c(NCc3ccnc(OCC4CC4)c3)n1)CCCC2. The molecule has 2 aromatic heterocycles. The van der Waals surface area contributed by atoms with E-state index in [1.165, 1.54) is 36.9 Å². The summed E-state index contributed by atoms with van der Waals surface area (Å²) in [7, 11) is 0. The van der Waals surface area contributed by atoms with Crippen molar-refractivity contribution in [3.63, 3.8) is 0 Å². The molecule has 2 aliphatic carbocycles. The monoisotopic (exact) mass is 324 g/mol. The number of fused-ring (bicyclic) bond motifs is 1. The first kappa shape index (κ1) is 15.4. The molecule has 126 valence electrons. The van der Waals surface area contributed by atoms with E-state index in [2.05, 4.69) is 20.3 Å². The van der Waals surface area contributed by atoms with Crippen LogP contribution in [0.5, 0.6) is 5.88 Å². The highest BCUT2D eigenvalue weighted by Crippen LogP contribution is 2.29. The molecule has 2 aliphatic rings. The van der Waals surface area contributed by atoms with Crippen molar-refractivity contribution in [1.29, 1.82) is 0 Å². The molecule has 0 spiro atoms. The van der Waals surface area contributed by atoms with Gasteiger partial charge in [0.15, 0.2) is 0 Å². The van der Waals surface area contributed by atoms with E-state index in [-0.39, 0.29) is 0 Å². The fourth-order valence-corrected chi connectivity index (χ4v) is 3.18. The van der Waals surface area contributed by atoms with Gasteiger partial charge < -0.3 is 10.1 Å². The van der Waals surface area contributed by atoms with Gasteiger partial charge in [-0.1, -0.05) is 0 Å². The van der Waals surface area contributed by atoms with Crippen LogP contribution in [0.2, 0.25) is 0 Å². The zero-order valence-electron chi connectivity index (χ0n) is 14.2. The summed E-state index contributed by atoms with van der Waals surface area (Å²) in [5, 5.41) is 3.50. The minimum Gasteiger partial charge on any atom is -0.477 e. The summed E-state index contributed by atoms with van der Waals surface area (Å²) in [5.74, 6) is 3.31. The fourth-order valence-electron chi connectivity index (χ4n) is 3.18. The van der Waals surface area contributed by atoms with Crippen molar-refractivity contribution in [2.75, 3.05) is 11.9 Å². The number of aryl methyl sites for hydroxylation is 2. The maximum Gasteiger partial charge on any atom is 0.213 e. The van der Waals surface area contributed by atoms with Crippen LogP contribution in [0.1, 0.15) is 48.3 Å². The van der Waals surface area contributed by atoms with E-state index in [1.54, 1.807) is 0 Å². The maximum atomic E-state index is 5.77. The predicted molar refractivity (Wildman–Crippen MR) is 93.2 cm³/mol. The van der Waals surface area contributed by atoms with E-state index in [4.69, 9.17) is 4.74 Å². The number of pyridine rings is 1. The smallest absolute Gasteiger partial charge is 0.213 e. The van der Waals surface area contributed by atoms with Crippen molar-refractivity contribution < 1.29 is 4.74 Å². The molecule has 5 nitrogen and oxygen atoms in total. The number of rotatable bonds is 6. The molecule has 0 saturated heterocycles. The Kier molecular flexibility index (Phi) is 4.32. The second-order valence-corrected chi connectivity index (χ2v) is 6.86. The molecule has 5 heteroatoms. The highest BCUT2D eigenvalue weighted by molar-refractivity contribution is 5.48. The van der Waals surface area contributed by atoms with Crippen molar-refractivity contribution in [3.05, 3.63) is 41.0 Å². The highest BCUT2D eigenvalue weighted by Gasteiger charge is 2.22. The third-order valence-corrected chi connectivity index (χ3v) is 4.72. The second kappa shape index (κ2) is 6.75. The number of ether oxygens (including phenoxy) is 1. The second-order valence-electron chi connectivity index (χ2n) is 6.86. The summed E-state index contributed by atoms with van der Waals surface area (Å²) < 4.78 is 5.77. The summed E-state index contributed by atoms with van der Waals surface area (Å²) in [4.78, 5) is 13.5. The van der Waals surface area contributed by atoms with Gasteiger partial charge in [-0.05, 0) is 63.0 Å². The minimum absolute atomic E-state index is 0.724. The summed E-state index contributed by atoms with van der Waals surface area (Å²) in [6.45, 7) is 3.49. The zero-order valence-corrected chi connectivity index (χ0v) is 14.2. The molecule has 0 atom stereocenters. The van der Waals surface area contributed by atoms with E-state index in [9.17, 15) is 0 Å². The Balaban J connectivity index is 1.44. The van der Waals surface area contributed by atoms with Gasteiger partial charge in [-0.15, -0.1) is 0 Å². The average Bonchev–Trinajstić information content (AvgIpc) is 3.42. The van der Waals surface area contributed by atoms with Gasteiger partial charge >= 0.3 is 0 Å². The molecule has 0 amide bonds. The fraction of sp³-hybridized carbons (Fsp3) is 0.526. The molecule has 1 N–H and O–H groups in total. The topological polar surface area (TPSA) is 59.9 Å². The van der Waals surface area contributed by atoms with E-state index in [1.807, 2.05) is 25.3 Å². The van der Waals surface area contributed by atoms with Gasteiger partial charge in [-0.3, -0.25) is 0 Å². The van der Waals surface area contributed by atoms with Crippen LogP contribution in [-0.2, 0) is 19.4 Å². The van der Waals surface area contributed by atoms with Crippen molar-refractivity contribution in [1.82, 2.24) is 15.0 Å². The van der Waals surface area contributed by atoms with Crippen LogP contribution < -0.4 is 10.1 Å². The minimum atomic E-state index is 0.724. The van der Waals surface area contributed by atoms with E-state index in [0.717, 1.165) is 55.0 Å². The van der Waals surface area contributed by atoms with Crippen LogP contribution in [0.3, 0.4) is 0 Å². The molecular weight excluding hydrogens is 300 g/mol. The number of hydrogen-bond donors (Lipinski definition) is 1. The molecule has 2 heterocycles. The molecule has 1 fully saturated rings. The Labute approximate surface area is 142 Å². The van der Waals surface area contributed by atoms with Crippen molar-refractivity contribution >= 4 is 5.82 Å². The molecule has 2 aromatic rings. The largest absolute Gasteiger partial charge is 0.477 e. The van der Waals surface area contributed by atoms with E-state index >= 15 is 0 Å². The van der Waals surface area contributed by atoms with Crippen LogP contribution >= 0.6 is 0 Å². The molecular formula is C19H24N4O. The van der Waals surface area contributed by atoms with Crippen molar-refractivity contribution in [3.8, 4) is 5.88 Å². The third-order valence-electron chi connectivity index (χ3n) is 4.72. The molecule has 1 saturated carbocycles.